The highest BCUT2D eigenvalue weighted by Crippen LogP contribution is 2.25. The SMILES string of the molecule is CCCCCCCC[C@@H](Br)[C@@H](Br)CCCCCCCC. The van der Waals surface area contributed by atoms with E-state index >= 15 is 0 Å². The van der Waals surface area contributed by atoms with E-state index in [1.165, 1.54) is 89.9 Å². The van der Waals surface area contributed by atoms with Gasteiger partial charge in [-0.3, -0.25) is 0 Å². The molecular formula is C18H36Br2. The first-order chi connectivity index (χ1) is 9.72. The van der Waals surface area contributed by atoms with Gasteiger partial charge in [0.1, 0.15) is 0 Å². The molecule has 0 aliphatic rings. The first-order valence-corrected chi connectivity index (χ1v) is 10.8. The molecule has 0 aliphatic heterocycles. The Balaban J connectivity index is 3.35. The van der Waals surface area contributed by atoms with E-state index in [1.54, 1.807) is 0 Å². The standard InChI is InChI=1S/C18H36Br2/c1-3-5-7-9-11-13-15-17(19)18(20)16-14-12-10-8-6-4-2/h17-18H,3-16H2,1-2H3/t17-,18+. The largest absolute Gasteiger partial charge is 0.0879 e. The van der Waals surface area contributed by atoms with E-state index < -0.39 is 0 Å². The quantitative estimate of drug-likeness (QED) is 0.189. The van der Waals surface area contributed by atoms with Crippen molar-refractivity contribution < 1.29 is 0 Å². The fourth-order valence-electron chi connectivity index (χ4n) is 2.60. The fourth-order valence-corrected chi connectivity index (χ4v) is 3.78. The van der Waals surface area contributed by atoms with Crippen LogP contribution < -0.4 is 0 Å². The smallest absolute Gasteiger partial charge is 0.0271 e. The van der Waals surface area contributed by atoms with Crippen molar-refractivity contribution in [2.45, 2.75) is 113 Å². The Bertz CT molecular complexity index is 162. The molecule has 20 heavy (non-hydrogen) atoms. The predicted molar refractivity (Wildman–Crippen MR) is 101 cm³/mol. The Kier molecular flexibility index (Phi) is 17.1. The van der Waals surface area contributed by atoms with Crippen molar-refractivity contribution in [1.82, 2.24) is 0 Å². The Morgan fingerprint density at radius 3 is 1.15 bits per heavy atom. The summed E-state index contributed by atoms with van der Waals surface area (Å²) < 4.78 is 0. The Morgan fingerprint density at radius 2 is 0.800 bits per heavy atom. The lowest BCUT2D eigenvalue weighted by molar-refractivity contribution is 0.551. The van der Waals surface area contributed by atoms with Crippen LogP contribution in [-0.4, -0.2) is 9.65 Å². The van der Waals surface area contributed by atoms with E-state index in [0.717, 1.165) is 0 Å². The Morgan fingerprint density at radius 1 is 0.500 bits per heavy atom. The maximum absolute atomic E-state index is 3.87. The highest BCUT2D eigenvalue weighted by atomic mass is 79.9. The second kappa shape index (κ2) is 16.3. The minimum Gasteiger partial charge on any atom is -0.0879 e. The van der Waals surface area contributed by atoms with E-state index in [1.807, 2.05) is 0 Å². The molecule has 0 amide bonds. The van der Waals surface area contributed by atoms with Crippen LogP contribution in [0, 0.1) is 0 Å². The van der Waals surface area contributed by atoms with E-state index in [4.69, 9.17) is 0 Å². The zero-order valence-electron chi connectivity index (χ0n) is 13.8. The molecule has 0 aromatic carbocycles. The summed E-state index contributed by atoms with van der Waals surface area (Å²) in [5, 5.41) is 0. The molecule has 0 radical (unpaired) electrons. The minimum atomic E-state index is 0.671. The number of alkyl halides is 2. The third-order valence-corrected chi connectivity index (χ3v) is 6.96. The van der Waals surface area contributed by atoms with Gasteiger partial charge in [-0.2, -0.15) is 0 Å². The van der Waals surface area contributed by atoms with Crippen molar-refractivity contribution in [2.24, 2.45) is 0 Å². The maximum atomic E-state index is 3.87. The van der Waals surface area contributed by atoms with E-state index in [2.05, 4.69) is 45.7 Å². The molecule has 0 saturated carbocycles. The summed E-state index contributed by atoms with van der Waals surface area (Å²) in [7, 11) is 0. The fraction of sp³-hybridized carbons (Fsp3) is 1.00. The average Bonchev–Trinajstić information content (AvgIpc) is 2.45. The Labute approximate surface area is 145 Å². The molecule has 0 aromatic heterocycles. The van der Waals surface area contributed by atoms with Gasteiger partial charge in [-0.25, -0.2) is 0 Å². The molecule has 0 aliphatic carbocycles. The summed E-state index contributed by atoms with van der Waals surface area (Å²) >= 11 is 7.75. The molecule has 2 heteroatoms. The van der Waals surface area contributed by atoms with Crippen LogP contribution in [0.5, 0.6) is 0 Å². The van der Waals surface area contributed by atoms with E-state index in [9.17, 15) is 0 Å². The van der Waals surface area contributed by atoms with Gasteiger partial charge in [0.15, 0.2) is 0 Å². The van der Waals surface area contributed by atoms with Crippen LogP contribution in [0.2, 0.25) is 0 Å². The lowest BCUT2D eigenvalue weighted by Gasteiger charge is -2.16. The topological polar surface area (TPSA) is 0 Å². The molecule has 0 heterocycles. The molecule has 0 nitrogen and oxygen atoms in total. The van der Waals surface area contributed by atoms with Crippen LogP contribution in [0.1, 0.15) is 104 Å². The zero-order chi connectivity index (χ0) is 15.1. The Hall–Kier alpha value is 0.960. The van der Waals surface area contributed by atoms with Crippen LogP contribution >= 0.6 is 31.9 Å². The molecule has 0 rings (SSSR count). The summed E-state index contributed by atoms with van der Waals surface area (Å²) in [6.07, 6.45) is 19.5. The van der Waals surface area contributed by atoms with Gasteiger partial charge in [0.2, 0.25) is 0 Å². The predicted octanol–water partition coefficient (Wildman–Crippen LogP) is 8.01. The van der Waals surface area contributed by atoms with Crippen LogP contribution in [-0.2, 0) is 0 Å². The zero-order valence-corrected chi connectivity index (χ0v) is 17.0. The number of unbranched alkanes of at least 4 members (excludes halogenated alkanes) is 10. The molecule has 0 bridgehead atoms. The van der Waals surface area contributed by atoms with E-state index in [0.29, 0.717) is 9.65 Å². The minimum absolute atomic E-state index is 0.671. The van der Waals surface area contributed by atoms with Gasteiger partial charge >= 0.3 is 0 Å². The summed E-state index contributed by atoms with van der Waals surface area (Å²) in [5.41, 5.74) is 0. The third kappa shape index (κ3) is 13.9. The van der Waals surface area contributed by atoms with Gasteiger partial charge in [0.25, 0.3) is 0 Å². The lowest BCUT2D eigenvalue weighted by Crippen LogP contribution is -2.13. The van der Waals surface area contributed by atoms with Crippen molar-refractivity contribution >= 4 is 31.9 Å². The highest BCUT2D eigenvalue weighted by Gasteiger charge is 2.14. The van der Waals surface area contributed by atoms with Gasteiger partial charge < -0.3 is 0 Å². The maximum Gasteiger partial charge on any atom is 0.0271 e. The monoisotopic (exact) mass is 410 g/mol. The van der Waals surface area contributed by atoms with Crippen molar-refractivity contribution in [3.63, 3.8) is 0 Å². The molecule has 2 atom stereocenters. The molecular weight excluding hydrogens is 376 g/mol. The van der Waals surface area contributed by atoms with Crippen molar-refractivity contribution in [1.29, 1.82) is 0 Å². The molecule has 0 fully saturated rings. The molecule has 0 N–H and O–H groups in total. The van der Waals surface area contributed by atoms with Crippen LogP contribution in [0.25, 0.3) is 0 Å². The normalized spacial score (nSPS) is 14.4. The first kappa shape index (κ1) is 21.0. The summed E-state index contributed by atoms with van der Waals surface area (Å²) in [5.74, 6) is 0. The van der Waals surface area contributed by atoms with Crippen LogP contribution in [0.4, 0.5) is 0 Å². The number of hydrogen-bond donors (Lipinski definition) is 0. The van der Waals surface area contributed by atoms with Gasteiger partial charge in [0.05, 0.1) is 0 Å². The van der Waals surface area contributed by atoms with Crippen molar-refractivity contribution in [3.8, 4) is 0 Å². The number of halogens is 2. The van der Waals surface area contributed by atoms with Gasteiger partial charge in [0, 0.05) is 9.65 Å². The number of rotatable bonds is 15. The number of hydrogen-bond acceptors (Lipinski definition) is 0. The van der Waals surface area contributed by atoms with Crippen LogP contribution in [0.15, 0.2) is 0 Å². The first-order valence-electron chi connectivity index (χ1n) is 9.00. The van der Waals surface area contributed by atoms with E-state index in [-0.39, 0.29) is 0 Å². The average molecular weight is 412 g/mol. The van der Waals surface area contributed by atoms with Gasteiger partial charge in [-0.15, -0.1) is 0 Å². The highest BCUT2D eigenvalue weighted by molar-refractivity contribution is 9.12. The molecule has 0 saturated heterocycles. The van der Waals surface area contributed by atoms with Gasteiger partial charge in [-0.05, 0) is 12.8 Å². The molecule has 0 spiro atoms. The second-order valence-corrected chi connectivity index (χ2v) is 8.50. The lowest BCUT2D eigenvalue weighted by atomic mass is 10.0. The summed E-state index contributed by atoms with van der Waals surface area (Å²) in [4.78, 5) is 1.34. The third-order valence-electron chi connectivity index (χ3n) is 4.06. The second-order valence-electron chi connectivity index (χ2n) is 6.14. The summed E-state index contributed by atoms with van der Waals surface area (Å²) in [6.45, 7) is 4.57. The molecule has 122 valence electrons. The molecule has 0 aromatic rings. The van der Waals surface area contributed by atoms with Crippen LogP contribution in [0.3, 0.4) is 0 Å². The summed E-state index contributed by atoms with van der Waals surface area (Å²) in [6, 6.07) is 0. The van der Waals surface area contributed by atoms with Crippen molar-refractivity contribution in [2.75, 3.05) is 0 Å². The van der Waals surface area contributed by atoms with Crippen molar-refractivity contribution in [3.05, 3.63) is 0 Å². The van der Waals surface area contributed by atoms with Gasteiger partial charge in [-0.1, -0.05) is 123 Å². The molecule has 0 unspecified atom stereocenters.